The summed E-state index contributed by atoms with van der Waals surface area (Å²) in [6.45, 7) is 6.70. The minimum absolute atomic E-state index is 0.0616. The van der Waals surface area contributed by atoms with Crippen LogP contribution in [0.4, 0.5) is 5.69 Å². The fourth-order valence-electron chi connectivity index (χ4n) is 2.80. The van der Waals surface area contributed by atoms with Crippen LogP contribution in [0.5, 0.6) is 0 Å². The summed E-state index contributed by atoms with van der Waals surface area (Å²) in [5.41, 5.74) is 5.33. The Labute approximate surface area is 155 Å². The predicted molar refractivity (Wildman–Crippen MR) is 106 cm³/mol. The highest BCUT2D eigenvalue weighted by Gasteiger charge is 2.13. The number of hydrogen-bond donors (Lipinski definition) is 2. The van der Waals surface area contributed by atoms with E-state index in [1.54, 1.807) is 0 Å². The molecule has 4 nitrogen and oxygen atoms in total. The summed E-state index contributed by atoms with van der Waals surface area (Å²) in [5, 5.41) is 15.4. The van der Waals surface area contributed by atoms with Crippen LogP contribution in [-0.4, -0.2) is 5.91 Å². The minimum atomic E-state index is -0.389. The molecule has 0 bridgehead atoms. The molecule has 4 heteroatoms. The summed E-state index contributed by atoms with van der Waals surface area (Å²) >= 11 is 0. The molecule has 1 amide bonds. The highest BCUT2D eigenvalue weighted by Crippen LogP contribution is 2.23. The standard InChI is InChI=1S/C22H25N3O/c1-4-17-11-8-12-18(5-2)21(17)25-22(26)20(13-23)15-24-14-19-10-7-6-9-16(19)3/h6-12,15,24H,4-5,14H2,1-3H3,(H,25,26)/b20-15-. The molecule has 0 aliphatic heterocycles. The van der Waals surface area contributed by atoms with E-state index < -0.39 is 0 Å². The number of carbonyl (C=O) groups excluding carboxylic acids is 1. The van der Waals surface area contributed by atoms with Crippen molar-refractivity contribution in [2.45, 2.75) is 40.2 Å². The van der Waals surface area contributed by atoms with Gasteiger partial charge >= 0.3 is 0 Å². The van der Waals surface area contributed by atoms with Gasteiger partial charge < -0.3 is 10.6 Å². The van der Waals surface area contributed by atoms with Crippen LogP contribution in [0.3, 0.4) is 0 Å². The number of nitriles is 1. The number of aryl methyl sites for hydroxylation is 3. The molecule has 0 aliphatic rings. The van der Waals surface area contributed by atoms with Crippen LogP contribution in [-0.2, 0) is 24.2 Å². The molecule has 0 radical (unpaired) electrons. The monoisotopic (exact) mass is 347 g/mol. The molecule has 26 heavy (non-hydrogen) atoms. The average molecular weight is 347 g/mol. The fourth-order valence-corrected chi connectivity index (χ4v) is 2.80. The zero-order valence-electron chi connectivity index (χ0n) is 15.6. The Morgan fingerprint density at radius 3 is 2.23 bits per heavy atom. The first-order valence-electron chi connectivity index (χ1n) is 8.90. The van der Waals surface area contributed by atoms with Gasteiger partial charge in [0, 0.05) is 18.4 Å². The van der Waals surface area contributed by atoms with Crippen LogP contribution in [0.1, 0.15) is 36.1 Å². The Kier molecular flexibility index (Phi) is 6.99. The van der Waals surface area contributed by atoms with E-state index in [1.807, 2.05) is 55.5 Å². The maximum atomic E-state index is 12.5. The van der Waals surface area contributed by atoms with Crippen LogP contribution in [0.15, 0.2) is 54.2 Å². The van der Waals surface area contributed by atoms with Gasteiger partial charge in [0.2, 0.25) is 0 Å². The molecule has 2 aromatic rings. The van der Waals surface area contributed by atoms with Crippen molar-refractivity contribution in [3.05, 3.63) is 76.5 Å². The average Bonchev–Trinajstić information content (AvgIpc) is 2.66. The molecule has 0 saturated heterocycles. The molecule has 2 aromatic carbocycles. The van der Waals surface area contributed by atoms with Crippen LogP contribution in [0, 0.1) is 18.3 Å². The summed E-state index contributed by atoms with van der Waals surface area (Å²) in [5.74, 6) is -0.389. The van der Waals surface area contributed by atoms with Crippen molar-refractivity contribution in [2.24, 2.45) is 0 Å². The summed E-state index contributed by atoms with van der Waals surface area (Å²) in [7, 11) is 0. The van der Waals surface area contributed by atoms with E-state index >= 15 is 0 Å². The van der Waals surface area contributed by atoms with Gasteiger partial charge in [0.25, 0.3) is 5.91 Å². The van der Waals surface area contributed by atoms with Gasteiger partial charge in [0.15, 0.2) is 0 Å². The molecule has 0 atom stereocenters. The van der Waals surface area contributed by atoms with Gasteiger partial charge in [-0.1, -0.05) is 56.3 Å². The minimum Gasteiger partial charge on any atom is -0.386 e. The number of amides is 1. The predicted octanol–water partition coefficient (Wildman–Crippen LogP) is 4.26. The lowest BCUT2D eigenvalue weighted by Crippen LogP contribution is -2.18. The molecule has 0 spiro atoms. The molecule has 0 aliphatic carbocycles. The number of nitrogens with zero attached hydrogens (tertiary/aromatic N) is 1. The number of anilines is 1. The first-order chi connectivity index (χ1) is 12.6. The van der Waals surface area contributed by atoms with Crippen molar-refractivity contribution in [3.8, 4) is 6.07 Å². The number of hydrogen-bond acceptors (Lipinski definition) is 3. The van der Waals surface area contributed by atoms with Gasteiger partial charge in [-0.2, -0.15) is 5.26 Å². The Balaban J connectivity index is 2.12. The SMILES string of the molecule is CCc1cccc(CC)c1NC(=O)/C(C#N)=C\NCc1ccccc1C. The maximum Gasteiger partial charge on any atom is 0.267 e. The van der Waals surface area contributed by atoms with Gasteiger partial charge in [0.05, 0.1) is 0 Å². The number of nitrogens with one attached hydrogen (secondary N) is 2. The second-order valence-corrected chi connectivity index (χ2v) is 6.09. The number of para-hydroxylation sites is 1. The number of rotatable bonds is 7. The van der Waals surface area contributed by atoms with E-state index in [4.69, 9.17) is 0 Å². The highest BCUT2D eigenvalue weighted by molar-refractivity contribution is 6.07. The third-order valence-electron chi connectivity index (χ3n) is 4.40. The van der Waals surface area contributed by atoms with E-state index in [2.05, 4.69) is 24.5 Å². The topological polar surface area (TPSA) is 64.9 Å². The van der Waals surface area contributed by atoms with Crippen molar-refractivity contribution in [2.75, 3.05) is 5.32 Å². The Hall–Kier alpha value is -3.06. The summed E-state index contributed by atoms with van der Waals surface area (Å²) < 4.78 is 0. The first kappa shape index (κ1) is 19.3. The fraction of sp³-hybridized carbons (Fsp3) is 0.273. The van der Waals surface area contributed by atoms with E-state index in [0.29, 0.717) is 6.54 Å². The Morgan fingerprint density at radius 1 is 1.04 bits per heavy atom. The third kappa shape index (κ3) is 4.73. The molecular formula is C22H25N3O. The van der Waals surface area contributed by atoms with Crippen LogP contribution >= 0.6 is 0 Å². The zero-order chi connectivity index (χ0) is 18.9. The molecule has 0 unspecified atom stereocenters. The Bertz CT molecular complexity index is 824. The van der Waals surface area contributed by atoms with E-state index in [0.717, 1.165) is 35.2 Å². The zero-order valence-corrected chi connectivity index (χ0v) is 15.6. The lowest BCUT2D eigenvalue weighted by molar-refractivity contribution is -0.112. The largest absolute Gasteiger partial charge is 0.386 e. The molecule has 2 N–H and O–H groups in total. The van der Waals surface area contributed by atoms with Gasteiger partial charge in [0.1, 0.15) is 11.6 Å². The molecule has 134 valence electrons. The van der Waals surface area contributed by atoms with Crippen molar-refractivity contribution in [1.29, 1.82) is 5.26 Å². The molecule has 2 rings (SSSR count). The number of benzene rings is 2. The van der Waals surface area contributed by atoms with Gasteiger partial charge in [-0.15, -0.1) is 0 Å². The van der Waals surface area contributed by atoms with E-state index in [9.17, 15) is 10.1 Å². The van der Waals surface area contributed by atoms with E-state index in [1.165, 1.54) is 11.8 Å². The van der Waals surface area contributed by atoms with Gasteiger partial charge in [-0.25, -0.2) is 0 Å². The van der Waals surface area contributed by atoms with Crippen molar-refractivity contribution in [1.82, 2.24) is 5.32 Å². The molecular weight excluding hydrogens is 322 g/mol. The Morgan fingerprint density at radius 2 is 1.65 bits per heavy atom. The van der Waals surface area contributed by atoms with Crippen LogP contribution in [0.2, 0.25) is 0 Å². The molecule has 0 heterocycles. The van der Waals surface area contributed by atoms with Gasteiger partial charge in [-0.3, -0.25) is 4.79 Å². The number of carbonyl (C=O) groups is 1. The summed E-state index contributed by atoms with van der Waals surface area (Å²) in [6, 6.07) is 16.0. The van der Waals surface area contributed by atoms with Crippen LogP contribution in [0.25, 0.3) is 0 Å². The van der Waals surface area contributed by atoms with Crippen molar-refractivity contribution < 1.29 is 4.79 Å². The van der Waals surface area contributed by atoms with Gasteiger partial charge in [-0.05, 0) is 42.0 Å². The van der Waals surface area contributed by atoms with E-state index in [-0.39, 0.29) is 11.5 Å². The summed E-state index contributed by atoms with van der Waals surface area (Å²) in [6.07, 6.45) is 3.13. The smallest absolute Gasteiger partial charge is 0.267 e. The first-order valence-corrected chi connectivity index (χ1v) is 8.90. The lowest BCUT2D eigenvalue weighted by atomic mass is 10.0. The third-order valence-corrected chi connectivity index (χ3v) is 4.40. The van der Waals surface area contributed by atoms with Crippen molar-refractivity contribution >= 4 is 11.6 Å². The molecule has 0 fully saturated rings. The van der Waals surface area contributed by atoms with Crippen molar-refractivity contribution in [3.63, 3.8) is 0 Å². The quantitative estimate of drug-likeness (QED) is 0.581. The normalized spacial score (nSPS) is 10.9. The molecule has 0 saturated carbocycles. The second kappa shape index (κ2) is 9.43. The maximum absolute atomic E-state index is 12.5. The molecule has 0 aromatic heterocycles. The lowest BCUT2D eigenvalue weighted by Gasteiger charge is -2.14. The summed E-state index contributed by atoms with van der Waals surface area (Å²) in [4.78, 5) is 12.5. The second-order valence-electron chi connectivity index (χ2n) is 6.09. The van der Waals surface area contributed by atoms with Crippen LogP contribution < -0.4 is 10.6 Å². The highest BCUT2D eigenvalue weighted by atomic mass is 16.1.